The molecule has 29 heavy (non-hydrogen) atoms. The number of amides is 2. The van der Waals surface area contributed by atoms with Crippen LogP contribution in [0.25, 0.3) is 6.08 Å². The van der Waals surface area contributed by atoms with Gasteiger partial charge in [0.1, 0.15) is 0 Å². The summed E-state index contributed by atoms with van der Waals surface area (Å²) in [6, 6.07) is 28.4. The zero-order chi connectivity index (χ0) is 19.9. The molecule has 0 fully saturated rings. The van der Waals surface area contributed by atoms with E-state index >= 15 is 0 Å². The van der Waals surface area contributed by atoms with Gasteiger partial charge in [0.05, 0.1) is 6.04 Å². The Kier molecular flexibility index (Phi) is 6.06. The van der Waals surface area contributed by atoms with E-state index < -0.39 is 0 Å². The predicted octanol–water partition coefficient (Wildman–Crippen LogP) is 6.31. The van der Waals surface area contributed by atoms with Gasteiger partial charge in [-0.2, -0.15) is 0 Å². The van der Waals surface area contributed by atoms with Crippen LogP contribution in [0.5, 0.6) is 0 Å². The first-order valence-corrected chi connectivity index (χ1v) is 10.2. The first-order valence-electron chi connectivity index (χ1n) is 10.2. The zero-order valence-corrected chi connectivity index (χ0v) is 16.5. The quantitative estimate of drug-likeness (QED) is 0.551. The molecule has 0 bridgehead atoms. The van der Waals surface area contributed by atoms with Gasteiger partial charge in [0, 0.05) is 12.2 Å². The van der Waals surface area contributed by atoms with Crippen molar-refractivity contribution in [3.05, 3.63) is 108 Å². The number of aryl methyl sites for hydroxylation is 1. The number of fused-ring (bicyclic) bond motifs is 1. The molecule has 1 N–H and O–H groups in total. The minimum atomic E-state index is -0.0596. The number of nitrogens with one attached hydrogen (secondary N) is 1. The topological polar surface area (TPSA) is 32.3 Å². The summed E-state index contributed by atoms with van der Waals surface area (Å²) >= 11 is 0. The number of rotatable bonds is 5. The summed E-state index contributed by atoms with van der Waals surface area (Å²) in [6.45, 7) is 0.562. The molecule has 4 rings (SSSR count). The van der Waals surface area contributed by atoms with Crippen molar-refractivity contribution < 1.29 is 4.79 Å². The second-order valence-electron chi connectivity index (χ2n) is 7.37. The molecule has 0 heterocycles. The Morgan fingerprint density at radius 3 is 2.41 bits per heavy atom. The highest BCUT2D eigenvalue weighted by Gasteiger charge is 2.28. The van der Waals surface area contributed by atoms with E-state index in [1.54, 1.807) is 0 Å². The molecule has 1 atom stereocenters. The smallest absolute Gasteiger partial charge is 0.314 e. The van der Waals surface area contributed by atoms with Gasteiger partial charge in [-0.1, -0.05) is 84.9 Å². The molecule has 1 aliphatic rings. The van der Waals surface area contributed by atoms with Crippen LogP contribution in [0.1, 0.15) is 35.6 Å². The molecule has 3 heteroatoms. The van der Waals surface area contributed by atoms with Crippen LogP contribution in [0.2, 0.25) is 0 Å². The van der Waals surface area contributed by atoms with Gasteiger partial charge in [-0.05, 0) is 48.1 Å². The Labute approximate surface area is 172 Å². The Morgan fingerprint density at radius 1 is 0.931 bits per heavy atom. The monoisotopic (exact) mass is 382 g/mol. The van der Waals surface area contributed by atoms with Gasteiger partial charge in [0.15, 0.2) is 0 Å². The lowest BCUT2D eigenvalue weighted by Gasteiger charge is -2.35. The van der Waals surface area contributed by atoms with Crippen molar-refractivity contribution in [2.45, 2.75) is 25.3 Å². The summed E-state index contributed by atoms with van der Waals surface area (Å²) in [5.41, 5.74) is 4.59. The molecule has 0 aromatic heterocycles. The van der Waals surface area contributed by atoms with E-state index in [4.69, 9.17) is 0 Å². The maximum Gasteiger partial charge on any atom is 0.322 e. The number of hydrogen-bond donors (Lipinski definition) is 1. The van der Waals surface area contributed by atoms with Gasteiger partial charge in [0.25, 0.3) is 0 Å². The van der Waals surface area contributed by atoms with Gasteiger partial charge in [-0.25, -0.2) is 4.79 Å². The molecule has 0 saturated heterocycles. The molecule has 3 aromatic carbocycles. The molecule has 0 unspecified atom stereocenters. The fraction of sp³-hybridized carbons (Fsp3) is 0.192. The molecule has 3 nitrogen and oxygen atoms in total. The number of para-hydroxylation sites is 1. The molecule has 1 aliphatic carbocycles. The van der Waals surface area contributed by atoms with Crippen LogP contribution < -0.4 is 5.32 Å². The van der Waals surface area contributed by atoms with Crippen molar-refractivity contribution in [3.8, 4) is 0 Å². The van der Waals surface area contributed by atoms with Gasteiger partial charge >= 0.3 is 6.03 Å². The summed E-state index contributed by atoms with van der Waals surface area (Å²) in [5.74, 6) is 0. The predicted molar refractivity (Wildman–Crippen MR) is 120 cm³/mol. The van der Waals surface area contributed by atoms with Crippen LogP contribution in [-0.4, -0.2) is 17.5 Å². The molecule has 2 amide bonds. The van der Waals surface area contributed by atoms with E-state index in [1.807, 2.05) is 53.4 Å². The highest BCUT2D eigenvalue weighted by molar-refractivity contribution is 5.89. The lowest BCUT2D eigenvalue weighted by atomic mass is 9.87. The second-order valence-corrected chi connectivity index (χ2v) is 7.37. The molecular weight excluding hydrogens is 356 g/mol. The first-order chi connectivity index (χ1) is 14.3. The summed E-state index contributed by atoms with van der Waals surface area (Å²) in [7, 11) is 0. The summed E-state index contributed by atoms with van der Waals surface area (Å²) in [6.07, 6.45) is 7.33. The molecule has 3 aromatic rings. The lowest BCUT2D eigenvalue weighted by molar-refractivity contribution is 0.188. The number of carbonyl (C=O) groups excluding carboxylic acids is 1. The Bertz CT molecular complexity index is 966. The normalized spacial score (nSPS) is 15.7. The summed E-state index contributed by atoms with van der Waals surface area (Å²) < 4.78 is 0. The minimum absolute atomic E-state index is 0.0596. The van der Waals surface area contributed by atoms with Gasteiger partial charge < -0.3 is 10.2 Å². The van der Waals surface area contributed by atoms with Gasteiger partial charge in [-0.15, -0.1) is 0 Å². The maximum absolute atomic E-state index is 13.2. The number of urea groups is 1. The Balaban J connectivity index is 1.58. The van der Waals surface area contributed by atoms with Crippen LogP contribution in [-0.2, 0) is 6.42 Å². The van der Waals surface area contributed by atoms with Crippen LogP contribution in [0.4, 0.5) is 10.5 Å². The lowest BCUT2D eigenvalue weighted by Crippen LogP contribution is -2.39. The number of anilines is 1. The number of benzene rings is 3. The highest BCUT2D eigenvalue weighted by atomic mass is 16.2. The van der Waals surface area contributed by atoms with E-state index in [1.165, 1.54) is 11.1 Å². The number of nitrogens with zero attached hydrogens (tertiary/aromatic N) is 1. The molecular formula is C26H26N2O. The molecule has 0 aliphatic heterocycles. The van der Waals surface area contributed by atoms with Gasteiger partial charge in [-0.3, -0.25) is 0 Å². The number of carbonyl (C=O) groups is 1. The highest BCUT2D eigenvalue weighted by Crippen LogP contribution is 2.34. The van der Waals surface area contributed by atoms with E-state index in [0.717, 1.165) is 30.5 Å². The van der Waals surface area contributed by atoms with Crippen molar-refractivity contribution in [1.82, 2.24) is 4.90 Å². The molecule has 0 saturated carbocycles. The van der Waals surface area contributed by atoms with Gasteiger partial charge in [0.2, 0.25) is 0 Å². The number of hydrogen-bond acceptors (Lipinski definition) is 1. The first kappa shape index (κ1) is 19.0. The fourth-order valence-corrected chi connectivity index (χ4v) is 3.99. The average molecular weight is 383 g/mol. The van der Waals surface area contributed by atoms with E-state index in [0.29, 0.717) is 6.54 Å². The third-order valence-corrected chi connectivity index (χ3v) is 5.41. The largest absolute Gasteiger partial charge is 0.322 e. The fourth-order valence-electron chi connectivity index (χ4n) is 3.99. The maximum atomic E-state index is 13.2. The Morgan fingerprint density at radius 2 is 1.62 bits per heavy atom. The van der Waals surface area contributed by atoms with E-state index in [-0.39, 0.29) is 12.1 Å². The van der Waals surface area contributed by atoms with Crippen molar-refractivity contribution in [1.29, 1.82) is 0 Å². The van der Waals surface area contributed by atoms with Crippen molar-refractivity contribution in [3.63, 3.8) is 0 Å². The molecule has 0 radical (unpaired) electrons. The zero-order valence-electron chi connectivity index (χ0n) is 16.5. The van der Waals surface area contributed by atoms with Crippen molar-refractivity contribution >= 4 is 17.8 Å². The average Bonchev–Trinajstić information content (AvgIpc) is 2.78. The molecule has 0 spiro atoms. The second kappa shape index (κ2) is 9.24. The SMILES string of the molecule is O=C(Nc1ccccc1)N(C/C=C/c1ccccc1)[C@H]1CCCc2ccccc21. The minimum Gasteiger partial charge on any atom is -0.314 e. The van der Waals surface area contributed by atoms with Crippen molar-refractivity contribution in [2.24, 2.45) is 0 Å². The van der Waals surface area contributed by atoms with Crippen LogP contribution in [0, 0.1) is 0 Å². The van der Waals surface area contributed by atoms with Crippen molar-refractivity contribution in [2.75, 3.05) is 11.9 Å². The third-order valence-electron chi connectivity index (χ3n) is 5.41. The summed E-state index contributed by atoms with van der Waals surface area (Å²) in [5, 5.41) is 3.07. The Hall–Kier alpha value is -3.33. The standard InChI is InChI=1S/C26H26N2O/c29-26(27-23-16-5-2-6-17-23)28(20-10-13-21-11-3-1-4-12-21)25-19-9-15-22-14-7-8-18-24(22)25/h1-8,10-14,16-18,25H,9,15,19-20H2,(H,27,29)/b13-10+/t25-/m0/s1. The molecule has 146 valence electrons. The van der Waals surface area contributed by atoms with Crippen LogP contribution >= 0.6 is 0 Å². The van der Waals surface area contributed by atoms with E-state index in [2.05, 4.69) is 53.9 Å². The van der Waals surface area contributed by atoms with Crippen LogP contribution in [0.15, 0.2) is 91.0 Å². The summed E-state index contributed by atoms with van der Waals surface area (Å²) in [4.78, 5) is 15.2. The third kappa shape index (κ3) is 4.75. The van der Waals surface area contributed by atoms with Crippen LogP contribution in [0.3, 0.4) is 0 Å². The van der Waals surface area contributed by atoms with E-state index in [9.17, 15) is 4.79 Å².